The number of unbranched alkanes of at least 4 members (excludes halogenated alkanes) is 40. The highest BCUT2D eigenvalue weighted by Crippen LogP contribution is 2.23. The number of carbonyl (C=O) groups excluding carboxylic acids is 1. The molecule has 0 radical (unpaired) electrons. The van der Waals surface area contributed by atoms with Gasteiger partial charge in [0, 0.05) is 0 Å². The normalized spacial score (nSPS) is 20.0. The van der Waals surface area contributed by atoms with Gasteiger partial charge in [-0.25, -0.2) is 0 Å². The molecule has 0 aromatic heterocycles. The largest absolute Gasteiger partial charge is 0.394 e. The summed E-state index contributed by atoms with van der Waals surface area (Å²) < 4.78 is 11.2. The molecule has 1 fully saturated rings. The van der Waals surface area contributed by atoms with E-state index in [1.54, 1.807) is 0 Å². The molecule has 1 saturated heterocycles. The molecule has 67 heavy (non-hydrogen) atoms. The Hall–Kier alpha value is -0.850. The molecule has 8 unspecified atom stereocenters. The molecule has 0 spiro atoms. The maximum Gasteiger partial charge on any atom is 0.249 e. The molecule has 7 N–H and O–H groups in total. The zero-order valence-electron chi connectivity index (χ0n) is 44.1. The van der Waals surface area contributed by atoms with E-state index in [2.05, 4.69) is 19.2 Å². The van der Waals surface area contributed by atoms with Crippen LogP contribution in [0.5, 0.6) is 0 Å². The maximum absolute atomic E-state index is 13.1. The molecule has 0 aromatic rings. The van der Waals surface area contributed by atoms with Crippen molar-refractivity contribution in [2.45, 2.75) is 345 Å². The molecule has 10 nitrogen and oxygen atoms in total. The molecule has 1 aliphatic rings. The van der Waals surface area contributed by atoms with E-state index in [0.29, 0.717) is 12.8 Å². The van der Waals surface area contributed by atoms with Gasteiger partial charge in [0.15, 0.2) is 6.29 Å². The van der Waals surface area contributed by atoms with Crippen LogP contribution in [-0.2, 0) is 14.3 Å². The van der Waals surface area contributed by atoms with Crippen molar-refractivity contribution in [1.82, 2.24) is 5.32 Å². The zero-order chi connectivity index (χ0) is 48.8. The highest BCUT2D eigenvalue weighted by Gasteiger charge is 2.44. The molecule has 0 aliphatic carbocycles. The fraction of sp³-hybridized carbons (Fsp3) is 0.982. The van der Waals surface area contributed by atoms with E-state index in [-0.39, 0.29) is 6.61 Å². The number of amides is 1. The quantitative estimate of drug-likeness (QED) is 0.0293. The van der Waals surface area contributed by atoms with E-state index in [9.17, 15) is 35.4 Å². The van der Waals surface area contributed by atoms with Crippen molar-refractivity contribution in [1.29, 1.82) is 0 Å². The van der Waals surface area contributed by atoms with Crippen LogP contribution in [0.15, 0.2) is 0 Å². The fourth-order valence-corrected chi connectivity index (χ4v) is 9.82. The molecule has 8 atom stereocenters. The monoisotopic (exact) mass is 956 g/mol. The molecule has 1 amide bonds. The summed E-state index contributed by atoms with van der Waals surface area (Å²) in [4.78, 5) is 13.1. The van der Waals surface area contributed by atoms with Gasteiger partial charge in [0.25, 0.3) is 0 Å². The van der Waals surface area contributed by atoms with Gasteiger partial charge in [0.1, 0.15) is 30.5 Å². The van der Waals surface area contributed by atoms with Gasteiger partial charge in [-0.2, -0.15) is 0 Å². The van der Waals surface area contributed by atoms with Gasteiger partial charge in [-0.05, 0) is 12.8 Å². The third-order valence-electron chi connectivity index (χ3n) is 14.6. The number of nitrogens with one attached hydrogen (secondary N) is 1. The SMILES string of the molecule is CCCCCCCCCCCCCCCCCCCCCCCCCCCCCCCCCC(O)C(=O)NC(COC1OC(CO)C(O)C(O)C1O)C(O)CCCCCCCCCCCCC. The molecule has 400 valence electrons. The van der Waals surface area contributed by atoms with Gasteiger partial charge in [0.2, 0.25) is 5.91 Å². The third kappa shape index (κ3) is 36.7. The predicted octanol–water partition coefficient (Wildman–Crippen LogP) is 13.2. The van der Waals surface area contributed by atoms with Crippen LogP contribution >= 0.6 is 0 Å². The summed E-state index contributed by atoms with van der Waals surface area (Å²) in [7, 11) is 0. The lowest BCUT2D eigenvalue weighted by Crippen LogP contribution is -2.60. The third-order valence-corrected chi connectivity index (χ3v) is 14.6. The van der Waals surface area contributed by atoms with Gasteiger partial charge in [-0.15, -0.1) is 0 Å². The van der Waals surface area contributed by atoms with E-state index in [0.717, 1.165) is 44.9 Å². The van der Waals surface area contributed by atoms with E-state index in [4.69, 9.17) is 9.47 Å². The topological polar surface area (TPSA) is 169 Å². The van der Waals surface area contributed by atoms with Gasteiger partial charge < -0.3 is 45.4 Å². The lowest BCUT2D eigenvalue weighted by atomic mass is 9.99. The first-order chi connectivity index (χ1) is 32.8. The summed E-state index contributed by atoms with van der Waals surface area (Å²) in [5.74, 6) is -0.578. The van der Waals surface area contributed by atoms with Crippen molar-refractivity contribution in [3.8, 4) is 0 Å². The number of ether oxygens (including phenoxy) is 2. The molecule has 1 rings (SSSR count). The zero-order valence-corrected chi connectivity index (χ0v) is 44.1. The summed E-state index contributed by atoms with van der Waals surface area (Å²) in [5, 5.41) is 65.0. The van der Waals surface area contributed by atoms with Crippen LogP contribution in [0.1, 0.15) is 296 Å². The van der Waals surface area contributed by atoms with Crippen LogP contribution in [0, 0.1) is 0 Å². The number of aliphatic hydroxyl groups is 6. The summed E-state index contributed by atoms with van der Waals surface area (Å²) >= 11 is 0. The number of hydrogen-bond acceptors (Lipinski definition) is 9. The summed E-state index contributed by atoms with van der Waals surface area (Å²) in [5.41, 5.74) is 0. The average Bonchev–Trinajstić information content (AvgIpc) is 3.33. The van der Waals surface area contributed by atoms with Crippen LogP contribution in [-0.4, -0.2) is 98.7 Å². The molecule has 10 heteroatoms. The Morgan fingerprint density at radius 2 is 0.746 bits per heavy atom. The Labute approximate surface area is 413 Å². The molecule has 0 bridgehead atoms. The second-order valence-corrected chi connectivity index (χ2v) is 20.9. The van der Waals surface area contributed by atoms with Crippen molar-refractivity contribution in [3.63, 3.8) is 0 Å². The molecule has 0 saturated carbocycles. The van der Waals surface area contributed by atoms with Crippen LogP contribution in [0.3, 0.4) is 0 Å². The van der Waals surface area contributed by atoms with E-state index in [1.165, 1.54) is 225 Å². The van der Waals surface area contributed by atoms with Crippen LogP contribution < -0.4 is 5.32 Å². The van der Waals surface area contributed by atoms with Gasteiger partial charge in [-0.3, -0.25) is 4.79 Å². The minimum absolute atomic E-state index is 0.250. The fourth-order valence-electron chi connectivity index (χ4n) is 9.82. The second kappa shape index (κ2) is 47.5. The minimum atomic E-state index is -1.59. The van der Waals surface area contributed by atoms with Gasteiger partial charge >= 0.3 is 0 Å². The molecular weight excluding hydrogens is 843 g/mol. The average molecular weight is 957 g/mol. The number of carbonyl (C=O) groups is 1. The summed E-state index contributed by atoms with van der Waals surface area (Å²) in [6.07, 6.45) is 46.3. The first kappa shape index (κ1) is 64.2. The van der Waals surface area contributed by atoms with Crippen molar-refractivity contribution >= 4 is 5.91 Å². The molecule has 1 aliphatic heterocycles. The number of hydrogen-bond donors (Lipinski definition) is 7. The second-order valence-electron chi connectivity index (χ2n) is 20.9. The van der Waals surface area contributed by atoms with E-state index >= 15 is 0 Å². The van der Waals surface area contributed by atoms with Crippen molar-refractivity contribution in [2.75, 3.05) is 13.2 Å². The lowest BCUT2D eigenvalue weighted by Gasteiger charge is -2.40. The van der Waals surface area contributed by atoms with E-state index in [1.807, 2.05) is 0 Å². The molecule has 1 heterocycles. The highest BCUT2D eigenvalue weighted by molar-refractivity contribution is 5.80. The molecule has 0 aromatic carbocycles. The Kier molecular flexibility index (Phi) is 45.5. The Bertz CT molecular complexity index is 1040. The summed E-state index contributed by atoms with van der Waals surface area (Å²) in [6.45, 7) is 3.69. The van der Waals surface area contributed by atoms with Crippen LogP contribution in [0.4, 0.5) is 0 Å². The maximum atomic E-state index is 13.1. The predicted molar refractivity (Wildman–Crippen MR) is 278 cm³/mol. The highest BCUT2D eigenvalue weighted by atomic mass is 16.7. The Balaban J connectivity index is 2.10. The first-order valence-electron chi connectivity index (χ1n) is 29.3. The Morgan fingerprint density at radius 3 is 1.06 bits per heavy atom. The van der Waals surface area contributed by atoms with Gasteiger partial charge in [0.05, 0.1) is 25.4 Å². The van der Waals surface area contributed by atoms with Crippen molar-refractivity contribution in [2.24, 2.45) is 0 Å². The molecular formula is C57H113NO9. The Morgan fingerprint density at radius 1 is 0.448 bits per heavy atom. The van der Waals surface area contributed by atoms with Crippen molar-refractivity contribution < 1.29 is 44.9 Å². The van der Waals surface area contributed by atoms with E-state index < -0.39 is 61.5 Å². The number of aliphatic hydroxyl groups excluding tert-OH is 6. The first-order valence-corrected chi connectivity index (χ1v) is 29.3. The van der Waals surface area contributed by atoms with Crippen LogP contribution in [0.2, 0.25) is 0 Å². The smallest absolute Gasteiger partial charge is 0.249 e. The standard InChI is InChI=1S/C57H113NO9/c1-3-5-7-9-11-13-15-16-17-18-19-20-21-22-23-24-25-26-27-28-29-30-31-32-33-34-36-38-40-42-44-46-51(61)56(65)58-49(48-66-57-55(64)54(63)53(62)52(47-59)67-57)50(60)45-43-41-39-37-35-14-12-10-8-6-4-2/h49-55,57,59-64H,3-48H2,1-2H3,(H,58,65). The lowest BCUT2D eigenvalue weighted by molar-refractivity contribution is -0.302. The van der Waals surface area contributed by atoms with Crippen LogP contribution in [0.25, 0.3) is 0 Å². The summed E-state index contributed by atoms with van der Waals surface area (Å²) in [6, 6.07) is -0.888. The van der Waals surface area contributed by atoms with Gasteiger partial charge in [-0.1, -0.05) is 284 Å². The van der Waals surface area contributed by atoms with Crippen molar-refractivity contribution in [3.05, 3.63) is 0 Å². The number of rotatable bonds is 51. The minimum Gasteiger partial charge on any atom is -0.394 e.